The van der Waals surface area contributed by atoms with Crippen molar-refractivity contribution in [3.8, 4) is 21.5 Å². The second-order valence-corrected chi connectivity index (χ2v) is 6.61. The third-order valence-corrected chi connectivity index (χ3v) is 4.65. The Hall–Kier alpha value is -1.18. The molecule has 0 unspecified atom stereocenters. The van der Waals surface area contributed by atoms with Gasteiger partial charge in [-0.25, -0.2) is 0 Å². The van der Waals surface area contributed by atoms with Gasteiger partial charge in [-0.05, 0) is 39.5 Å². The molecule has 0 radical (unpaired) electrons. The Morgan fingerprint density at radius 3 is 2.82 bits per heavy atom. The molecule has 7 heteroatoms. The van der Waals surface area contributed by atoms with Gasteiger partial charge in [-0.3, -0.25) is 0 Å². The first-order valence-electron chi connectivity index (χ1n) is 4.67. The molecule has 4 nitrogen and oxygen atoms in total. The zero-order chi connectivity index (χ0) is 11.8. The minimum absolute atomic E-state index is 0.469. The smallest absolute Gasteiger partial charge is 0.270 e. The van der Waals surface area contributed by atoms with Crippen molar-refractivity contribution < 1.29 is 4.52 Å². The fourth-order valence-electron chi connectivity index (χ4n) is 1.34. The van der Waals surface area contributed by atoms with Gasteiger partial charge in [0.2, 0.25) is 5.82 Å². The van der Waals surface area contributed by atoms with E-state index in [9.17, 15) is 0 Å². The minimum atomic E-state index is 0.469. The van der Waals surface area contributed by atoms with Crippen molar-refractivity contribution in [2.45, 2.75) is 0 Å². The highest BCUT2D eigenvalue weighted by Crippen LogP contribution is 2.34. The van der Waals surface area contributed by atoms with Crippen LogP contribution in [0.1, 0.15) is 0 Å². The summed E-state index contributed by atoms with van der Waals surface area (Å²) in [6.07, 6.45) is 0. The Bertz CT molecular complexity index is 658. The quantitative estimate of drug-likeness (QED) is 0.775. The number of thiophene rings is 2. The van der Waals surface area contributed by atoms with Gasteiger partial charge < -0.3 is 10.3 Å². The topological polar surface area (TPSA) is 64.9 Å². The number of rotatable bonds is 2. The second kappa shape index (κ2) is 4.25. The van der Waals surface area contributed by atoms with Crippen molar-refractivity contribution in [1.29, 1.82) is 0 Å². The van der Waals surface area contributed by atoms with Crippen LogP contribution in [-0.4, -0.2) is 10.1 Å². The fourth-order valence-corrected chi connectivity index (χ4v) is 3.39. The van der Waals surface area contributed by atoms with Crippen LogP contribution in [0.25, 0.3) is 21.5 Å². The lowest BCUT2D eigenvalue weighted by Crippen LogP contribution is -1.83. The summed E-state index contributed by atoms with van der Waals surface area (Å²) >= 11 is 6.45. The number of hydrogen-bond acceptors (Lipinski definition) is 6. The highest BCUT2D eigenvalue weighted by Gasteiger charge is 2.15. The molecular weight excluding hydrogens is 322 g/mol. The first-order valence-corrected chi connectivity index (χ1v) is 7.16. The molecule has 0 fully saturated rings. The van der Waals surface area contributed by atoms with Crippen LogP contribution in [0.2, 0.25) is 0 Å². The van der Waals surface area contributed by atoms with Gasteiger partial charge in [-0.1, -0.05) is 5.16 Å². The molecule has 3 aromatic heterocycles. The molecule has 0 spiro atoms. The van der Waals surface area contributed by atoms with E-state index in [1.807, 2.05) is 23.6 Å². The fraction of sp³-hybridized carbons (Fsp3) is 0. The number of aromatic nitrogens is 2. The highest BCUT2D eigenvalue weighted by molar-refractivity contribution is 9.11. The van der Waals surface area contributed by atoms with Crippen LogP contribution < -0.4 is 5.73 Å². The van der Waals surface area contributed by atoms with Gasteiger partial charge in [0.1, 0.15) is 4.88 Å². The molecule has 0 aliphatic rings. The molecule has 3 heterocycles. The largest absolute Gasteiger partial charge is 0.397 e. The van der Waals surface area contributed by atoms with Crippen molar-refractivity contribution in [3.05, 3.63) is 27.4 Å². The van der Waals surface area contributed by atoms with Crippen LogP contribution in [-0.2, 0) is 0 Å². The lowest BCUT2D eigenvalue weighted by molar-refractivity contribution is 0.433. The Labute approximate surface area is 113 Å². The molecule has 17 heavy (non-hydrogen) atoms. The first kappa shape index (κ1) is 10.9. The third kappa shape index (κ3) is 2.01. The summed E-state index contributed by atoms with van der Waals surface area (Å²) in [5, 5.41) is 5.85. The SMILES string of the molecule is Nc1ccsc1-c1nc(-c2ccc(Br)s2)no1. The molecule has 3 aromatic rings. The molecular formula is C10H6BrN3OS2. The van der Waals surface area contributed by atoms with Gasteiger partial charge in [-0.2, -0.15) is 4.98 Å². The Morgan fingerprint density at radius 2 is 2.18 bits per heavy atom. The lowest BCUT2D eigenvalue weighted by atomic mass is 10.4. The average Bonchev–Trinajstić information content (AvgIpc) is 2.97. The van der Waals surface area contributed by atoms with E-state index in [1.165, 1.54) is 11.3 Å². The summed E-state index contributed by atoms with van der Waals surface area (Å²) < 4.78 is 6.25. The van der Waals surface area contributed by atoms with E-state index in [2.05, 4.69) is 26.1 Å². The molecule has 0 saturated carbocycles. The third-order valence-electron chi connectivity index (χ3n) is 2.11. The highest BCUT2D eigenvalue weighted by atomic mass is 79.9. The lowest BCUT2D eigenvalue weighted by Gasteiger charge is -1.88. The normalized spacial score (nSPS) is 10.9. The van der Waals surface area contributed by atoms with Crippen LogP contribution in [0, 0.1) is 0 Å². The Morgan fingerprint density at radius 1 is 1.29 bits per heavy atom. The van der Waals surface area contributed by atoms with E-state index >= 15 is 0 Å². The van der Waals surface area contributed by atoms with Crippen molar-refractivity contribution in [2.24, 2.45) is 0 Å². The molecule has 2 N–H and O–H groups in total. The zero-order valence-electron chi connectivity index (χ0n) is 8.38. The maximum Gasteiger partial charge on any atom is 0.270 e. The van der Waals surface area contributed by atoms with Crippen molar-refractivity contribution >= 4 is 44.3 Å². The van der Waals surface area contributed by atoms with Crippen molar-refractivity contribution in [2.75, 3.05) is 5.73 Å². The summed E-state index contributed by atoms with van der Waals surface area (Å²) in [4.78, 5) is 6.12. The van der Waals surface area contributed by atoms with E-state index in [0.717, 1.165) is 13.5 Å². The first-order chi connectivity index (χ1) is 8.24. The Balaban J connectivity index is 2.01. The average molecular weight is 328 g/mol. The second-order valence-electron chi connectivity index (χ2n) is 3.23. The van der Waals surface area contributed by atoms with E-state index < -0.39 is 0 Å². The van der Waals surface area contributed by atoms with Crippen LogP contribution in [0.4, 0.5) is 5.69 Å². The molecule has 0 atom stereocenters. The predicted molar refractivity (Wildman–Crippen MR) is 73.0 cm³/mol. The molecule has 0 aliphatic heterocycles. The Kier molecular flexibility index (Phi) is 2.73. The van der Waals surface area contributed by atoms with Gasteiger partial charge in [0.15, 0.2) is 0 Å². The van der Waals surface area contributed by atoms with Crippen molar-refractivity contribution in [3.63, 3.8) is 0 Å². The number of halogens is 1. The summed E-state index contributed by atoms with van der Waals surface area (Å²) in [6, 6.07) is 5.72. The van der Waals surface area contributed by atoms with Gasteiger partial charge in [0, 0.05) is 0 Å². The number of nitrogen functional groups attached to an aromatic ring is 1. The molecule has 0 aromatic carbocycles. The van der Waals surface area contributed by atoms with Crippen molar-refractivity contribution in [1.82, 2.24) is 10.1 Å². The maximum absolute atomic E-state index is 5.80. The van der Waals surface area contributed by atoms with E-state index in [-0.39, 0.29) is 0 Å². The van der Waals surface area contributed by atoms with E-state index in [4.69, 9.17) is 10.3 Å². The van der Waals surface area contributed by atoms with Gasteiger partial charge in [-0.15, -0.1) is 22.7 Å². The van der Waals surface area contributed by atoms with Gasteiger partial charge >= 0.3 is 0 Å². The monoisotopic (exact) mass is 327 g/mol. The molecule has 0 amide bonds. The predicted octanol–water partition coefficient (Wildman–Crippen LogP) is 3.87. The molecule has 0 saturated heterocycles. The summed E-state index contributed by atoms with van der Waals surface area (Å²) in [5.74, 6) is 1.06. The van der Waals surface area contributed by atoms with Crippen LogP contribution in [0.15, 0.2) is 31.9 Å². The minimum Gasteiger partial charge on any atom is -0.397 e. The van der Waals surface area contributed by atoms with Gasteiger partial charge in [0.05, 0.1) is 14.4 Å². The number of nitrogens with two attached hydrogens (primary N) is 1. The van der Waals surface area contributed by atoms with Gasteiger partial charge in [0.25, 0.3) is 5.89 Å². The summed E-state index contributed by atoms with van der Waals surface area (Å²) in [5.41, 5.74) is 6.47. The number of hydrogen-bond donors (Lipinski definition) is 1. The summed E-state index contributed by atoms with van der Waals surface area (Å²) in [7, 11) is 0. The standard InChI is InChI=1S/C10H6BrN3OS2/c11-7-2-1-6(17-7)9-13-10(15-14-9)8-5(12)3-4-16-8/h1-4H,12H2. The molecule has 3 rings (SSSR count). The molecule has 0 aliphatic carbocycles. The number of anilines is 1. The number of nitrogens with zero attached hydrogens (tertiary/aromatic N) is 2. The van der Waals surface area contributed by atoms with Crippen LogP contribution >= 0.6 is 38.6 Å². The van der Waals surface area contributed by atoms with E-state index in [0.29, 0.717) is 17.4 Å². The maximum atomic E-state index is 5.80. The van der Waals surface area contributed by atoms with Crippen LogP contribution in [0.3, 0.4) is 0 Å². The summed E-state index contributed by atoms with van der Waals surface area (Å²) in [6.45, 7) is 0. The zero-order valence-corrected chi connectivity index (χ0v) is 11.6. The molecule has 0 bridgehead atoms. The van der Waals surface area contributed by atoms with Crippen LogP contribution in [0.5, 0.6) is 0 Å². The molecule has 86 valence electrons. The van der Waals surface area contributed by atoms with E-state index in [1.54, 1.807) is 11.3 Å².